The summed E-state index contributed by atoms with van der Waals surface area (Å²) in [6, 6.07) is 61.3. The van der Waals surface area contributed by atoms with Crippen molar-refractivity contribution < 1.29 is 8.83 Å². The highest BCUT2D eigenvalue weighted by Gasteiger charge is 2.51. The molecule has 0 atom stereocenters. The Hall–Kier alpha value is -6.71. The molecule has 3 nitrogen and oxygen atoms in total. The lowest BCUT2D eigenvalue weighted by atomic mass is 9.48. The van der Waals surface area contributed by atoms with E-state index in [2.05, 4.69) is 152 Å². The lowest BCUT2D eigenvalue weighted by Crippen LogP contribution is -2.48. The van der Waals surface area contributed by atoms with Gasteiger partial charge in [-0.15, -0.1) is 0 Å². The fourth-order valence-corrected chi connectivity index (χ4v) is 12.1. The van der Waals surface area contributed by atoms with Gasteiger partial charge in [0.2, 0.25) is 0 Å². The Morgan fingerprint density at radius 1 is 0.383 bits per heavy atom. The zero-order valence-corrected chi connectivity index (χ0v) is 33.4. The molecule has 4 fully saturated rings. The third-order valence-corrected chi connectivity index (χ3v) is 14.5. The van der Waals surface area contributed by atoms with Gasteiger partial charge >= 0.3 is 0 Å². The minimum Gasteiger partial charge on any atom is -0.455 e. The molecule has 3 aromatic heterocycles. The number of pyridine rings is 1. The predicted octanol–water partition coefficient (Wildman–Crippen LogP) is 15.7. The van der Waals surface area contributed by atoms with Gasteiger partial charge in [-0.1, -0.05) is 140 Å². The molecule has 0 N–H and O–H groups in total. The Balaban J connectivity index is 0.867. The van der Waals surface area contributed by atoms with Gasteiger partial charge in [0, 0.05) is 38.2 Å². The number of nitrogens with zero attached hydrogens (tertiary/aromatic N) is 1. The quantitative estimate of drug-likeness (QED) is 0.169. The van der Waals surface area contributed by atoms with E-state index in [0.717, 1.165) is 106 Å². The first-order valence-corrected chi connectivity index (χ1v) is 21.8. The zero-order valence-electron chi connectivity index (χ0n) is 33.4. The summed E-state index contributed by atoms with van der Waals surface area (Å²) in [6.45, 7) is 0. The summed E-state index contributed by atoms with van der Waals surface area (Å²) in [7, 11) is 0. The summed E-state index contributed by atoms with van der Waals surface area (Å²) in [5, 5.41) is 4.54. The molecule has 0 amide bonds. The number of rotatable bonds is 6. The molecule has 3 heterocycles. The molecule has 3 heteroatoms. The molecular weight excluding hydrogens is 731 g/mol. The number of aromatic nitrogens is 1. The molecule has 14 rings (SSSR count). The van der Waals surface area contributed by atoms with Crippen molar-refractivity contribution in [2.75, 3.05) is 0 Å². The van der Waals surface area contributed by atoms with E-state index in [0.29, 0.717) is 5.41 Å². The van der Waals surface area contributed by atoms with Gasteiger partial charge in [-0.25, -0.2) is 4.98 Å². The number of furan rings is 2. The van der Waals surface area contributed by atoms with Gasteiger partial charge in [0.25, 0.3) is 0 Å². The topological polar surface area (TPSA) is 39.2 Å². The van der Waals surface area contributed by atoms with Gasteiger partial charge in [0.15, 0.2) is 0 Å². The van der Waals surface area contributed by atoms with E-state index in [9.17, 15) is 0 Å². The van der Waals surface area contributed by atoms with Crippen LogP contribution in [-0.4, -0.2) is 4.98 Å². The normalized spacial score (nSPS) is 20.8. The molecule has 4 aliphatic rings. The third kappa shape index (κ3) is 5.45. The molecule has 4 bridgehead atoms. The van der Waals surface area contributed by atoms with Crippen molar-refractivity contribution in [3.8, 4) is 55.9 Å². The highest BCUT2D eigenvalue weighted by molar-refractivity contribution is 6.10. The van der Waals surface area contributed by atoms with Crippen LogP contribution in [-0.2, 0) is 5.41 Å². The molecule has 10 aromatic rings. The summed E-state index contributed by atoms with van der Waals surface area (Å²) < 4.78 is 12.9. The second kappa shape index (κ2) is 13.1. The Morgan fingerprint density at radius 2 is 0.833 bits per heavy atom. The van der Waals surface area contributed by atoms with E-state index in [1.165, 1.54) is 49.7 Å². The van der Waals surface area contributed by atoms with Crippen LogP contribution in [0.15, 0.2) is 179 Å². The van der Waals surface area contributed by atoms with Crippen LogP contribution in [0.2, 0.25) is 0 Å². The van der Waals surface area contributed by atoms with Crippen molar-refractivity contribution in [3.63, 3.8) is 0 Å². The minimum absolute atomic E-state index is 0.370. The zero-order chi connectivity index (χ0) is 39.4. The maximum absolute atomic E-state index is 6.55. The van der Waals surface area contributed by atoms with Crippen LogP contribution >= 0.6 is 0 Å². The van der Waals surface area contributed by atoms with Gasteiger partial charge < -0.3 is 8.83 Å². The molecular formula is C57H43NO2. The standard InChI is InChI=1S/C57H43NO2/c1-3-13-53-46(7-1)48-10-5-9-45(55(48)59-53)41-21-19-39(20-22-41)38-15-17-40(18-16-38)43-30-51(42-23-25-44(26-24-42)57-32-35-27-36(33-57)29-37(28-35)34-57)58-52(31-43)50-12-6-11-49-47-8-2-4-14-54(47)60-56(49)50/h1-26,30-31,35-37H,27-29,32-34H2. The molecule has 0 radical (unpaired) electrons. The summed E-state index contributed by atoms with van der Waals surface area (Å²) in [6.07, 6.45) is 8.50. The molecule has 4 aliphatic carbocycles. The van der Waals surface area contributed by atoms with Crippen molar-refractivity contribution in [3.05, 3.63) is 175 Å². The molecule has 0 aliphatic heterocycles. The number of para-hydroxylation sites is 4. The van der Waals surface area contributed by atoms with Crippen LogP contribution in [0.3, 0.4) is 0 Å². The Bertz CT molecular complexity index is 3240. The smallest absolute Gasteiger partial charge is 0.144 e. The highest BCUT2D eigenvalue weighted by atomic mass is 16.3. The first-order chi connectivity index (χ1) is 29.6. The van der Waals surface area contributed by atoms with Crippen LogP contribution in [0.1, 0.15) is 44.1 Å². The Morgan fingerprint density at radius 3 is 1.42 bits per heavy atom. The van der Waals surface area contributed by atoms with Crippen LogP contribution < -0.4 is 0 Å². The van der Waals surface area contributed by atoms with Crippen molar-refractivity contribution in [2.24, 2.45) is 17.8 Å². The largest absolute Gasteiger partial charge is 0.455 e. The van der Waals surface area contributed by atoms with Crippen LogP contribution in [0, 0.1) is 17.8 Å². The first-order valence-electron chi connectivity index (χ1n) is 21.8. The minimum atomic E-state index is 0.370. The monoisotopic (exact) mass is 773 g/mol. The molecule has 7 aromatic carbocycles. The van der Waals surface area contributed by atoms with Crippen molar-refractivity contribution in [2.45, 2.75) is 43.9 Å². The van der Waals surface area contributed by atoms with Gasteiger partial charge in [0.05, 0.1) is 11.4 Å². The van der Waals surface area contributed by atoms with Gasteiger partial charge in [0.1, 0.15) is 22.3 Å². The number of benzene rings is 7. The van der Waals surface area contributed by atoms with E-state index in [-0.39, 0.29) is 0 Å². The SMILES string of the molecule is c1ccc2c(c1)oc1c(-c3ccc(-c4ccc(-c5cc(-c6ccc(C78CC9CC(CC(C9)C7)C8)cc6)nc(-c6cccc7c6oc6ccccc67)c5)cc4)cc3)cccc12. The summed E-state index contributed by atoms with van der Waals surface area (Å²) >= 11 is 0. The van der Waals surface area contributed by atoms with Crippen LogP contribution in [0.25, 0.3) is 99.8 Å². The fourth-order valence-electron chi connectivity index (χ4n) is 12.1. The van der Waals surface area contributed by atoms with Crippen molar-refractivity contribution in [1.29, 1.82) is 0 Å². The van der Waals surface area contributed by atoms with E-state index in [1.54, 1.807) is 5.56 Å². The molecule has 60 heavy (non-hydrogen) atoms. The lowest BCUT2D eigenvalue weighted by molar-refractivity contribution is -0.00518. The van der Waals surface area contributed by atoms with Gasteiger partial charge in [-0.3, -0.25) is 0 Å². The Kier molecular flexibility index (Phi) is 7.49. The second-order valence-corrected chi connectivity index (χ2v) is 18.1. The maximum Gasteiger partial charge on any atom is 0.144 e. The van der Waals surface area contributed by atoms with E-state index in [1.807, 2.05) is 18.2 Å². The molecule has 288 valence electrons. The fraction of sp³-hybridized carbons (Fsp3) is 0.175. The van der Waals surface area contributed by atoms with Crippen molar-refractivity contribution >= 4 is 43.9 Å². The van der Waals surface area contributed by atoms with Crippen LogP contribution in [0.4, 0.5) is 0 Å². The maximum atomic E-state index is 6.55. The molecule has 0 spiro atoms. The first kappa shape index (κ1) is 34.2. The predicted molar refractivity (Wildman–Crippen MR) is 246 cm³/mol. The van der Waals surface area contributed by atoms with E-state index >= 15 is 0 Å². The summed E-state index contributed by atoms with van der Waals surface area (Å²) in [5.74, 6) is 2.77. The van der Waals surface area contributed by atoms with Crippen LogP contribution in [0.5, 0.6) is 0 Å². The summed E-state index contributed by atoms with van der Waals surface area (Å²) in [5.41, 5.74) is 16.5. The average molecular weight is 774 g/mol. The van der Waals surface area contributed by atoms with Crippen molar-refractivity contribution in [1.82, 2.24) is 4.98 Å². The van der Waals surface area contributed by atoms with Gasteiger partial charge in [-0.2, -0.15) is 0 Å². The summed E-state index contributed by atoms with van der Waals surface area (Å²) in [4.78, 5) is 5.40. The molecule has 4 saturated carbocycles. The molecule has 0 unspecified atom stereocenters. The average Bonchev–Trinajstić information content (AvgIpc) is 3.88. The highest BCUT2D eigenvalue weighted by Crippen LogP contribution is 2.60. The Labute approximate surface area is 349 Å². The number of hydrogen-bond donors (Lipinski definition) is 0. The number of fused-ring (bicyclic) bond motifs is 6. The second-order valence-electron chi connectivity index (χ2n) is 18.1. The van der Waals surface area contributed by atoms with E-state index in [4.69, 9.17) is 13.8 Å². The van der Waals surface area contributed by atoms with Gasteiger partial charge in [-0.05, 0) is 125 Å². The third-order valence-electron chi connectivity index (χ3n) is 14.5. The molecule has 0 saturated heterocycles. The lowest BCUT2D eigenvalue weighted by Gasteiger charge is -2.57. The number of hydrogen-bond acceptors (Lipinski definition) is 3. The van der Waals surface area contributed by atoms with E-state index < -0.39 is 0 Å².